The molecule has 1 fully saturated rings. The largest absolute Gasteiger partial charge is 0.493 e. The molecule has 1 aliphatic heterocycles. The van der Waals surface area contributed by atoms with Crippen molar-refractivity contribution in [2.45, 2.75) is 31.7 Å². The third-order valence-electron chi connectivity index (χ3n) is 7.87. The van der Waals surface area contributed by atoms with Crippen molar-refractivity contribution in [1.29, 1.82) is 0 Å². The topological polar surface area (TPSA) is 60.0 Å². The molecule has 1 N–H and O–H groups in total. The number of nitrogens with one attached hydrogen (secondary N) is 1. The molecule has 1 saturated heterocycles. The Morgan fingerprint density at radius 1 is 0.844 bits per heavy atom. The molecule has 4 aromatic carbocycles. The number of methoxy groups -OCH3 is 1. The lowest BCUT2D eigenvalue weighted by Crippen LogP contribution is -2.41. The quantitative estimate of drug-likeness (QED) is 0.122. The first-order chi connectivity index (χ1) is 22.2. The van der Waals surface area contributed by atoms with Gasteiger partial charge in [0.25, 0.3) is 0 Å². The number of benzene rings is 4. The van der Waals surface area contributed by atoms with E-state index < -0.39 is 0 Å². The second kappa shape index (κ2) is 17.0. The van der Waals surface area contributed by atoms with Crippen LogP contribution in [0.3, 0.4) is 0 Å². The molecule has 1 amide bonds. The van der Waals surface area contributed by atoms with Crippen LogP contribution in [-0.2, 0) is 16.1 Å². The highest BCUT2D eigenvalue weighted by Gasteiger charge is 2.24. The van der Waals surface area contributed by atoms with Crippen LogP contribution in [0.25, 0.3) is 6.08 Å². The Kier molecular flexibility index (Phi) is 12.0. The maximum Gasteiger partial charge on any atom is 0.244 e. The molecule has 0 aliphatic carbocycles. The van der Waals surface area contributed by atoms with Crippen molar-refractivity contribution in [3.8, 4) is 11.5 Å². The highest BCUT2D eigenvalue weighted by Crippen LogP contribution is 2.31. The van der Waals surface area contributed by atoms with Gasteiger partial charge >= 0.3 is 0 Å². The Morgan fingerprint density at radius 2 is 1.49 bits per heavy atom. The van der Waals surface area contributed by atoms with Gasteiger partial charge in [-0.25, -0.2) is 0 Å². The third kappa shape index (κ3) is 9.93. The zero-order chi connectivity index (χ0) is 31.1. The zero-order valence-corrected chi connectivity index (χ0v) is 25.9. The van der Waals surface area contributed by atoms with E-state index >= 15 is 0 Å². The molecule has 0 radical (unpaired) electrons. The summed E-state index contributed by atoms with van der Waals surface area (Å²) in [6.45, 7) is 3.81. The normalized spacial score (nSPS) is 14.3. The highest BCUT2D eigenvalue weighted by molar-refractivity contribution is 5.87. The van der Waals surface area contributed by atoms with Crippen LogP contribution < -0.4 is 14.8 Å². The number of carbonyl (C=O) groups excluding carboxylic acids is 1. The molecule has 232 valence electrons. The Hall–Kier alpha value is -4.65. The summed E-state index contributed by atoms with van der Waals surface area (Å²) in [5.41, 5.74) is 4.41. The SMILES string of the molecule is COc1cc(/C=C/C=C/C(=O)NCCN2CCC(OC(c3ccccc3)c3ccccc3)CC2)ccc1OCc1ccccc1. The summed E-state index contributed by atoms with van der Waals surface area (Å²) >= 11 is 0. The van der Waals surface area contributed by atoms with Crippen LogP contribution in [0.4, 0.5) is 0 Å². The minimum Gasteiger partial charge on any atom is -0.493 e. The van der Waals surface area contributed by atoms with E-state index in [1.807, 2.05) is 72.8 Å². The highest BCUT2D eigenvalue weighted by atomic mass is 16.5. The van der Waals surface area contributed by atoms with E-state index in [0.29, 0.717) is 24.7 Å². The maximum absolute atomic E-state index is 12.4. The first-order valence-corrected chi connectivity index (χ1v) is 15.6. The van der Waals surface area contributed by atoms with Crippen molar-refractivity contribution in [2.24, 2.45) is 0 Å². The van der Waals surface area contributed by atoms with Crippen molar-refractivity contribution in [3.63, 3.8) is 0 Å². The number of likely N-dealkylation sites (tertiary alicyclic amines) is 1. The molecule has 0 aromatic heterocycles. The first-order valence-electron chi connectivity index (χ1n) is 15.6. The van der Waals surface area contributed by atoms with Crippen LogP contribution in [0.15, 0.2) is 127 Å². The van der Waals surface area contributed by atoms with Gasteiger partial charge in [0.15, 0.2) is 11.5 Å². The molecule has 6 nitrogen and oxygen atoms in total. The molecule has 6 heteroatoms. The average Bonchev–Trinajstić information content (AvgIpc) is 3.10. The Morgan fingerprint density at radius 3 is 2.13 bits per heavy atom. The van der Waals surface area contributed by atoms with Gasteiger partial charge in [0.05, 0.1) is 13.2 Å². The van der Waals surface area contributed by atoms with E-state index in [4.69, 9.17) is 14.2 Å². The summed E-state index contributed by atoms with van der Waals surface area (Å²) in [5, 5.41) is 3.00. The third-order valence-corrected chi connectivity index (χ3v) is 7.87. The maximum atomic E-state index is 12.4. The molecule has 0 unspecified atom stereocenters. The fourth-order valence-corrected chi connectivity index (χ4v) is 5.41. The molecule has 0 saturated carbocycles. The number of allylic oxidation sites excluding steroid dienone is 2. The Labute approximate surface area is 267 Å². The number of hydrogen-bond donors (Lipinski definition) is 1. The smallest absolute Gasteiger partial charge is 0.244 e. The monoisotopic (exact) mass is 602 g/mol. The molecule has 0 spiro atoms. The number of amides is 1. The van der Waals surface area contributed by atoms with Gasteiger partial charge in [-0.2, -0.15) is 0 Å². The Balaban J connectivity index is 1.01. The van der Waals surface area contributed by atoms with E-state index in [1.54, 1.807) is 19.3 Å². The van der Waals surface area contributed by atoms with Crippen molar-refractivity contribution in [1.82, 2.24) is 10.2 Å². The van der Waals surface area contributed by atoms with Gasteiger partial charge in [0.1, 0.15) is 12.7 Å². The average molecular weight is 603 g/mol. The molecule has 5 rings (SSSR count). The minimum atomic E-state index is -0.103. The van der Waals surface area contributed by atoms with E-state index in [-0.39, 0.29) is 18.1 Å². The van der Waals surface area contributed by atoms with E-state index in [9.17, 15) is 4.79 Å². The van der Waals surface area contributed by atoms with Crippen LogP contribution >= 0.6 is 0 Å². The van der Waals surface area contributed by atoms with Crippen molar-refractivity contribution in [2.75, 3.05) is 33.3 Å². The van der Waals surface area contributed by atoms with Gasteiger partial charge < -0.3 is 24.4 Å². The summed E-state index contributed by atoms with van der Waals surface area (Å²) in [6, 6.07) is 36.7. The molecule has 1 aliphatic rings. The number of hydrogen-bond acceptors (Lipinski definition) is 5. The predicted molar refractivity (Wildman–Crippen MR) is 180 cm³/mol. The minimum absolute atomic E-state index is 0.0654. The van der Waals surface area contributed by atoms with Crippen molar-refractivity contribution >= 4 is 12.0 Å². The number of nitrogens with zero attached hydrogens (tertiary/aromatic N) is 1. The zero-order valence-electron chi connectivity index (χ0n) is 25.9. The van der Waals surface area contributed by atoms with Gasteiger partial charge in [0.2, 0.25) is 5.91 Å². The number of ether oxygens (including phenoxy) is 3. The summed E-state index contributed by atoms with van der Waals surface area (Å²) in [5.74, 6) is 1.25. The second-order valence-electron chi connectivity index (χ2n) is 11.1. The molecule has 0 bridgehead atoms. The fourth-order valence-electron chi connectivity index (χ4n) is 5.41. The van der Waals surface area contributed by atoms with Crippen LogP contribution in [0.1, 0.15) is 41.2 Å². The predicted octanol–water partition coefficient (Wildman–Crippen LogP) is 7.23. The van der Waals surface area contributed by atoms with Crippen LogP contribution in [0.2, 0.25) is 0 Å². The molecule has 1 heterocycles. The van der Waals surface area contributed by atoms with Crippen LogP contribution in [-0.4, -0.2) is 50.2 Å². The van der Waals surface area contributed by atoms with E-state index in [2.05, 4.69) is 58.7 Å². The lowest BCUT2D eigenvalue weighted by Gasteiger charge is -2.34. The van der Waals surface area contributed by atoms with Crippen molar-refractivity contribution in [3.05, 3.63) is 150 Å². The van der Waals surface area contributed by atoms with E-state index in [1.165, 1.54) is 11.1 Å². The van der Waals surface area contributed by atoms with Gasteiger partial charge in [-0.15, -0.1) is 0 Å². The van der Waals surface area contributed by atoms with Gasteiger partial charge in [0, 0.05) is 32.3 Å². The number of piperidine rings is 1. The lowest BCUT2D eigenvalue weighted by atomic mass is 10.00. The molecular formula is C39H42N2O4. The lowest BCUT2D eigenvalue weighted by molar-refractivity contribution is -0.116. The summed E-state index contributed by atoms with van der Waals surface area (Å²) in [4.78, 5) is 14.8. The van der Waals surface area contributed by atoms with E-state index in [0.717, 1.165) is 43.6 Å². The van der Waals surface area contributed by atoms with Crippen LogP contribution in [0, 0.1) is 0 Å². The molecular weight excluding hydrogens is 560 g/mol. The van der Waals surface area contributed by atoms with Crippen molar-refractivity contribution < 1.29 is 19.0 Å². The summed E-state index contributed by atoms with van der Waals surface area (Å²) in [6.07, 6.45) is 9.16. The summed E-state index contributed by atoms with van der Waals surface area (Å²) in [7, 11) is 1.63. The van der Waals surface area contributed by atoms with Gasteiger partial charge in [-0.3, -0.25) is 4.79 Å². The Bertz CT molecular complexity index is 1480. The summed E-state index contributed by atoms with van der Waals surface area (Å²) < 4.78 is 18.1. The molecule has 0 atom stereocenters. The fraction of sp³-hybridized carbons (Fsp3) is 0.256. The van der Waals surface area contributed by atoms with Crippen LogP contribution in [0.5, 0.6) is 11.5 Å². The standard InChI is InChI=1S/C39H42N2O4/c1-43-37-29-31(21-22-36(37)44-30-32-14-5-2-6-15-32)13-11-12-20-38(42)40-25-28-41-26-23-35(24-27-41)45-39(33-16-7-3-8-17-33)34-18-9-4-10-19-34/h2-22,29,35,39H,23-28,30H2,1H3,(H,40,42)/b13-11+,20-12+. The molecule has 45 heavy (non-hydrogen) atoms. The number of carbonyl (C=O) groups is 1. The second-order valence-corrected chi connectivity index (χ2v) is 11.1. The first kappa shape index (κ1) is 31.8. The van der Waals surface area contributed by atoms with Gasteiger partial charge in [-0.1, -0.05) is 115 Å². The molecule has 4 aromatic rings. The van der Waals surface area contributed by atoms with Gasteiger partial charge in [-0.05, 0) is 47.2 Å². The number of rotatable bonds is 14.